The minimum Gasteiger partial charge on any atom is -0.359 e. The zero-order valence-electron chi connectivity index (χ0n) is 19.6. The molecular formula is C29H30N4O. The highest BCUT2D eigenvalue weighted by Gasteiger charge is 2.31. The summed E-state index contributed by atoms with van der Waals surface area (Å²) in [5.41, 5.74) is 6.63. The number of para-hydroxylation sites is 1. The Hall–Kier alpha value is -3.73. The van der Waals surface area contributed by atoms with E-state index in [0.717, 1.165) is 49.4 Å². The minimum atomic E-state index is -0.00792. The maximum atomic E-state index is 13.1. The normalized spacial score (nSPS) is 17.6. The molecule has 1 saturated heterocycles. The molecule has 0 radical (unpaired) electrons. The van der Waals surface area contributed by atoms with Gasteiger partial charge in [-0.1, -0.05) is 48.5 Å². The van der Waals surface area contributed by atoms with Gasteiger partial charge in [0.2, 0.25) is 0 Å². The first-order valence-electron chi connectivity index (χ1n) is 12.2. The molecule has 2 aliphatic rings. The van der Waals surface area contributed by atoms with Crippen molar-refractivity contribution < 1.29 is 4.79 Å². The van der Waals surface area contributed by atoms with Crippen LogP contribution in [-0.2, 0) is 6.54 Å². The monoisotopic (exact) mass is 450 g/mol. The van der Waals surface area contributed by atoms with Crippen LogP contribution in [0.25, 0.3) is 10.9 Å². The smallest absolute Gasteiger partial charge is 0.253 e. The van der Waals surface area contributed by atoms with Gasteiger partial charge < -0.3 is 19.7 Å². The summed E-state index contributed by atoms with van der Waals surface area (Å²) in [7, 11) is 2.13. The van der Waals surface area contributed by atoms with Crippen molar-refractivity contribution in [3.8, 4) is 0 Å². The SMILES string of the molecule is CN1c2ccc(C(=O)N3CCCCC3)cc2NC1c1cc2ccccc2n1Cc1ccccc1. The lowest BCUT2D eigenvalue weighted by molar-refractivity contribution is 0.0724. The van der Waals surface area contributed by atoms with Crippen LogP contribution in [0.4, 0.5) is 11.4 Å². The highest BCUT2D eigenvalue weighted by atomic mass is 16.2. The zero-order chi connectivity index (χ0) is 23.1. The van der Waals surface area contributed by atoms with E-state index >= 15 is 0 Å². The van der Waals surface area contributed by atoms with Crippen LogP contribution in [0.5, 0.6) is 0 Å². The lowest BCUT2D eigenvalue weighted by Gasteiger charge is -2.26. The second kappa shape index (κ2) is 8.56. The van der Waals surface area contributed by atoms with Crippen LogP contribution < -0.4 is 10.2 Å². The minimum absolute atomic E-state index is 0.00792. The molecule has 4 aromatic rings. The molecule has 3 heterocycles. The van der Waals surface area contributed by atoms with E-state index in [0.29, 0.717) is 0 Å². The third-order valence-electron chi connectivity index (χ3n) is 7.25. The highest BCUT2D eigenvalue weighted by molar-refractivity contribution is 5.97. The summed E-state index contributed by atoms with van der Waals surface area (Å²) in [5, 5.41) is 4.96. The molecule has 2 aliphatic heterocycles. The third kappa shape index (κ3) is 3.61. The molecule has 172 valence electrons. The molecule has 0 spiro atoms. The summed E-state index contributed by atoms with van der Waals surface area (Å²) in [6.45, 7) is 2.54. The first-order chi connectivity index (χ1) is 16.7. The Morgan fingerprint density at radius 3 is 2.50 bits per heavy atom. The molecule has 1 amide bonds. The third-order valence-corrected chi connectivity index (χ3v) is 7.25. The lowest BCUT2D eigenvalue weighted by atomic mass is 10.1. The number of hydrogen-bond donors (Lipinski definition) is 1. The predicted molar refractivity (Wildman–Crippen MR) is 138 cm³/mol. The van der Waals surface area contributed by atoms with E-state index in [1.54, 1.807) is 0 Å². The topological polar surface area (TPSA) is 40.5 Å². The Kier molecular flexibility index (Phi) is 5.25. The molecule has 1 fully saturated rings. The summed E-state index contributed by atoms with van der Waals surface area (Å²) in [6, 6.07) is 27.6. The van der Waals surface area contributed by atoms with Gasteiger partial charge in [0.25, 0.3) is 5.91 Å². The number of rotatable bonds is 4. The van der Waals surface area contributed by atoms with Crippen molar-refractivity contribution in [1.82, 2.24) is 9.47 Å². The number of aromatic nitrogens is 1. The zero-order valence-corrected chi connectivity index (χ0v) is 19.6. The Balaban J connectivity index is 1.34. The van der Waals surface area contributed by atoms with Crippen molar-refractivity contribution in [2.45, 2.75) is 32.0 Å². The van der Waals surface area contributed by atoms with Gasteiger partial charge in [-0.15, -0.1) is 0 Å². The fourth-order valence-corrected chi connectivity index (χ4v) is 5.43. The Morgan fingerprint density at radius 2 is 1.68 bits per heavy atom. The average Bonchev–Trinajstić information content (AvgIpc) is 3.41. The number of amides is 1. The van der Waals surface area contributed by atoms with Crippen molar-refractivity contribution in [2.24, 2.45) is 0 Å². The molecule has 1 N–H and O–H groups in total. The van der Waals surface area contributed by atoms with Crippen molar-refractivity contribution in [3.63, 3.8) is 0 Å². The van der Waals surface area contributed by atoms with E-state index in [4.69, 9.17) is 0 Å². The van der Waals surface area contributed by atoms with Gasteiger partial charge in [0.05, 0.1) is 17.1 Å². The molecule has 5 nitrogen and oxygen atoms in total. The molecule has 0 bridgehead atoms. The van der Waals surface area contributed by atoms with Gasteiger partial charge in [0.1, 0.15) is 6.17 Å². The van der Waals surface area contributed by atoms with Gasteiger partial charge >= 0.3 is 0 Å². The fraction of sp³-hybridized carbons (Fsp3) is 0.276. The van der Waals surface area contributed by atoms with Crippen LogP contribution in [-0.4, -0.2) is 35.5 Å². The van der Waals surface area contributed by atoms with Gasteiger partial charge in [-0.2, -0.15) is 0 Å². The molecule has 0 aliphatic carbocycles. The van der Waals surface area contributed by atoms with Crippen LogP contribution >= 0.6 is 0 Å². The number of fused-ring (bicyclic) bond motifs is 2. The summed E-state index contributed by atoms with van der Waals surface area (Å²) in [6.07, 6.45) is 3.42. The number of nitrogens with one attached hydrogen (secondary N) is 1. The van der Waals surface area contributed by atoms with Gasteiger partial charge in [-0.25, -0.2) is 0 Å². The predicted octanol–water partition coefficient (Wildman–Crippen LogP) is 5.88. The molecule has 1 aromatic heterocycles. The van der Waals surface area contributed by atoms with E-state index in [1.165, 1.54) is 28.6 Å². The number of anilines is 2. The molecule has 34 heavy (non-hydrogen) atoms. The maximum Gasteiger partial charge on any atom is 0.253 e. The number of nitrogens with zero attached hydrogens (tertiary/aromatic N) is 3. The van der Waals surface area contributed by atoms with E-state index in [9.17, 15) is 4.79 Å². The average molecular weight is 451 g/mol. The lowest BCUT2D eigenvalue weighted by Crippen LogP contribution is -2.35. The molecule has 1 atom stereocenters. The number of piperidine rings is 1. The van der Waals surface area contributed by atoms with Gasteiger partial charge in [-0.3, -0.25) is 4.79 Å². The number of hydrogen-bond acceptors (Lipinski definition) is 3. The highest BCUT2D eigenvalue weighted by Crippen LogP contribution is 2.42. The van der Waals surface area contributed by atoms with Crippen LogP contribution in [0.15, 0.2) is 78.9 Å². The second-order valence-electron chi connectivity index (χ2n) is 9.44. The molecular weight excluding hydrogens is 420 g/mol. The fourth-order valence-electron chi connectivity index (χ4n) is 5.43. The van der Waals surface area contributed by atoms with E-state index in [-0.39, 0.29) is 12.1 Å². The first kappa shape index (κ1) is 20.8. The Bertz CT molecular complexity index is 1340. The van der Waals surface area contributed by atoms with Gasteiger partial charge in [0.15, 0.2) is 0 Å². The molecule has 3 aromatic carbocycles. The van der Waals surface area contributed by atoms with Crippen LogP contribution in [0.3, 0.4) is 0 Å². The number of carbonyl (C=O) groups is 1. The van der Waals surface area contributed by atoms with Crippen LogP contribution in [0.1, 0.15) is 47.0 Å². The van der Waals surface area contributed by atoms with Crippen LogP contribution in [0, 0.1) is 0 Å². The second-order valence-corrected chi connectivity index (χ2v) is 9.44. The summed E-state index contributed by atoms with van der Waals surface area (Å²) in [4.78, 5) is 17.4. The van der Waals surface area contributed by atoms with Crippen molar-refractivity contribution >= 4 is 28.2 Å². The standard InChI is InChI=1S/C29H30N4O/c1-31-26-15-14-23(29(34)32-16-8-3-9-17-32)18-24(26)30-28(31)27-19-22-12-6-7-13-25(22)33(27)20-21-10-4-2-5-11-21/h2,4-7,10-15,18-19,28,30H,3,8-9,16-17,20H2,1H3. The molecule has 6 rings (SSSR count). The van der Waals surface area contributed by atoms with Crippen molar-refractivity contribution in [2.75, 3.05) is 30.4 Å². The van der Waals surface area contributed by atoms with Crippen LogP contribution in [0.2, 0.25) is 0 Å². The summed E-state index contributed by atoms with van der Waals surface area (Å²) >= 11 is 0. The Labute approximate surface area is 200 Å². The number of carbonyl (C=O) groups excluding carboxylic acids is 1. The van der Waals surface area contributed by atoms with E-state index in [2.05, 4.69) is 88.6 Å². The quantitative estimate of drug-likeness (QED) is 0.422. The first-order valence-corrected chi connectivity index (χ1v) is 12.2. The van der Waals surface area contributed by atoms with E-state index < -0.39 is 0 Å². The van der Waals surface area contributed by atoms with Gasteiger partial charge in [-0.05, 0) is 55.2 Å². The number of benzene rings is 3. The summed E-state index contributed by atoms with van der Waals surface area (Å²) in [5.74, 6) is 0.147. The molecule has 0 saturated carbocycles. The largest absolute Gasteiger partial charge is 0.359 e. The van der Waals surface area contributed by atoms with E-state index in [1.807, 2.05) is 17.0 Å². The number of likely N-dealkylation sites (tertiary alicyclic amines) is 1. The summed E-state index contributed by atoms with van der Waals surface area (Å²) < 4.78 is 2.41. The van der Waals surface area contributed by atoms with Crippen molar-refractivity contribution in [3.05, 3.63) is 95.7 Å². The Morgan fingerprint density at radius 1 is 0.912 bits per heavy atom. The van der Waals surface area contributed by atoms with Gasteiger partial charge in [0, 0.05) is 43.1 Å². The molecule has 5 heteroatoms. The van der Waals surface area contributed by atoms with Crippen molar-refractivity contribution in [1.29, 1.82) is 0 Å². The maximum absolute atomic E-state index is 13.1. The molecule has 1 unspecified atom stereocenters.